The first-order valence-electron chi connectivity index (χ1n) is 8.99. The number of hydrogen-bond donors (Lipinski definition) is 4. The summed E-state index contributed by atoms with van der Waals surface area (Å²) in [5.74, 6) is -0.831. The van der Waals surface area contributed by atoms with Crippen molar-refractivity contribution in [1.82, 2.24) is 10.9 Å². The van der Waals surface area contributed by atoms with Gasteiger partial charge in [-0.05, 0) is 65.8 Å². The number of carbonyl (C=O) groups is 2. The number of amides is 2. The van der Waals surface area contributed by atoms with Crippen LogP contribution in [0, 0.1) is 0 Å². The van der Waals surface area contributed by atoms with Crippen LogP contribution in [0.25, 0.3) is 0 Å². The third-order valence-electron chi connectivity index (χ3n) is 3.48. The SMILES string of the molecule is C/C(CC(C)(C)O)=N\NC(=O)c1ccc(C(=O)N/N=C(\C)CC(C)(C)O)cc1. The van der Waals surface area contributed by atoms with E-state index in [9.17, 15) is 19.8 Å². The van der Waals surface area contributed by atoms with Crippen molar-refractivity contribution in [2.24, 2.45) is 10.2 Å². The van der Waals surface area contributed by atoms with E-state index in [1.54, 1.807) is 41.5 Å². The number of carbonyl (C=O) groups excluding carboxylic acids is 2. The highest BCUT2D eigenvalue weighted by atomic mass is 16.3. The van der Waals surface area contributed by atoms with Gasteiger partial charge < -0.3 is 10.2 Å². The number of hydrazone groups is 2. The minimum atomic E-state index is -0.902. The Balaban J connectivity index is 2.67. The zero-order valence-corrected chi connectivity index (χ0v) is 17.3. The van der Waals surface area contributed by atoms with Gasteiger partial charge >= 0.3 is 0 Å². The molecule has 0 aliphatic heterocycles. The van der Waals surface area contributed by atoms with Gasteiger partial charge in [0.25, 0.3) is 11.8 Å². The number of benzene rings is 1. The fourth-order valence-electron chi connectivity index (χ4n) is 2.53. The summed E-state index contributed by atoms with van der Waals surface area (Å²) in [5, 5.41) is 27.4. The molecule has 0 atom stereocenters. The smallest absolute Gasteiger partial charge is 0.271 e. The second-order valence-corrected chi connectivity index (χ2v) is 8.13. The molecule has 2 amide bonds. The molecule has 1 aromatic carbocycles. The molecule has 0 aliphatic rings. The number of hydrogen-bond acceptors (Lipinski definition) is 6. The number of rotatable bonds is 8. The van der Waals surface area contributed by atoms with E-state index in [0.717, 1.165) is 0 Å². The van der Waals surface area contributed by atoms with Crippen LogP contribution in [0.2, 0.25) is 0 Å². The van der Waals surface area contributed by atoms with Crippen LogP contribution in [0.1, 0.15) is 75.1 Å². The monoisotopic (exact) mass is 390 g/mol. The lowest BCUT2D eigenvalue weighted by Crippen LogP contribution is -2.25. The topological polar surface area (TPSA) is 123 Å². The standard InChI is InChI=1S/C20H30N4O4/c1-13(11-19(3,4)27)21-23-17(25)15-7-9-16(10-8-15)18(26)24-22-14(2)12-20(5,6)28/h7-10,27-28H,11-12H2,1-6H3,(H,23,25)(H,24,26)/b21-13+,22-14+. The molecule has 0 saturated heterocycles. The van der Waals surface area contributed by atoms with Gasteiger partial charge in [-0.1, -0.05) is 0 Å². The molecule has 8 nitrogen and oxygen atoms in total. The van der Waals surface area contributed by atoms with E-state index in [2.05, 4.69) is 21.1 Å². The van der Waals surface area contributed by atoms with Gasteiger partial charge in [0.2, 0.25) is 0 Å². The van der Waals surface area contributed by atoms with Gasteiger partial charge in [0, 0.05) is 35.4 Å². The van der Waals surface area contributed by atoms with Crippen LogP contribution in [0.3, 0.4) is 0 Å². The second-order valence-electron chi connectivity index (χ2n) is 8.13. The lowest BCUT2D eigenvalue weighted by molar-refractivity contribution is 0.0872. The van der Waals surface area contributed by atoms with Crippen molar-refractivity contribution >= 4 is 23.2 Å². The molecular formula is C20H30N4O4. The van der Waals surface area contributed by atoms with E-state index in [1.165, 1.54) is 24.3 Å². The van der Waals surface area contributed by atoms with Crippen molar-refractivity contribution in [3.8, 4) is 0 Å². The minimum Gasteiger partial charge on any atom is -0.390 e. The molecular weight excluding hydrogens is 360 g/mol. The Hall–Kier alpha value is -2.58. The second kappa shape index (κ2) is 9.57. The molecule has 0 fully saturated rings. The lowest BCUT2D eigenvalue weighted by Gasteiger charge is -2.16. The summed E-state index contributed by atoms with van der Waals surface area (Å²) in [6, 6.07) is 6.05. The maximum absolute atomic E-state index is 12.1. The predicted octanol–water partition coefficient (Wildman–Crippen LogP) is 2.22. The molecule has 0 aromatic heterocycles. The third kappa shape index (κ3) is 9.38. The highest BCUT2D eigenvalue weighted by Crippen LogP contribution is 2.09. The number of nitrogens with zero attached hydrogens (tertiary/aromatic N) is 2. The summed E-state index contributed by atoms with van der Waals surface area (Å²) < 4.78 is 0. The zero-order chi connectivity index (χ0) is 21.5. The normalized spacial score (nSPS) is 13.3. The Morgan fingerprint density at radius 2 is 1.07 bits per heavy atom. The predicted molar refractivity (Wildman–Crippen MR) is 109 cm³/mol. The Morgan fingerprint density at radius 3 is 1.32 bits per heavy atom. The van der Waals surface area contributed by atoms with Crippen LogP contribution in [-0.4, -0.2) is 44.7 Å². The molecule has 1 aromatic rings. The van der Waals surface area contributed by atoms with Crippen LogP contribution in [0.4, 0.5) is 0 Å². The molecule has 0 saturated carbocycles. The minimum absolute atomic E-state index is 0.333. The largest absolute Gasteiger partial charge is 0.390 e. The Bertz CT molecular complexity index is 689. The summed E-state index contributed by atoms with van der Waals surface area (Å²) >= 11 is 0. The van der Waals surface area contributed by atoms with Gasteiger partial charge in [-0.3, -0.25) is 9.59 Å². The first-order valence-corrected chi connectivity index (χ1v) is 8.99. The first kappa shape index (κ1) is 23.5. The van der Waals surface area contributed by atoms with Crippen molar-refractivity contribution < 1.29 is 19.8 Å². The van der Waals surface area contributed by atoms with Gasteiger partial charge in [-0.2, -0.15) is 10.2 Å². The van der Waals surface area contributed by atoms with Crippen molar-refractivity contribution in [2.75, 3.05) is 0 Å². The van der Waals surface area contributed by atoms with Crippen molar-refractivity contribution in [3.63, 3.8) is 0 Å². The number of nitrogens with one attached hydrogen (secondary N) is 2. The van der Waals surface area contributed by atoms with Crippen molar-refractivity contribution in [2.45, 2.75) is 65.6 Å². The Kier molecular flexibility index (Phi) is 8.01. The van der Waals surface area contributed by atoms with Gasteiger partial charge in [-0.25, -0.2) is 10.9 Å². The van der Waals surface area contributed by atoms with E-state index in [-0.39, 0.29) is 0 Å². The summed E-state index contributed by atoms with van der Waals surface area (Å²) in [6.07, 6.45) is 0.666. The molecule has 0 heterocycles. The van der Waals surface area contributed by atoms with Gasteiger partial charge in [-0.15, -0.1) is 0 Å². The van der Waals surface area contributed by atoms with E-state index in [4.69, 9.17) is 0 Å². The van der Waals surface area contributed by atoms with Crippen LogP contribution >= 0.6 is 0 Å². The maximum Gasteiger partial charge on any atom is 0.271 e. The quantitative estimate of drug-likeness (QED) is 0.401. The van der Waals surface area contributed by atoms with Crippen molar-refractivity contribution in [3.05, 3.63) is 35.4 Å². The highest BCUT2D eigenvalue weighted by molar-refractivity contribution is 5.98. The molecule has 0 spiro atoms. The Morgan fingerprint density at radius 1 is 0.786 bits per heavy atom. The molecule has 1 rings (SSSR count). The highest BCUT2D eigenvalue weighted by Gasteiger charge is 2.15. The Labute approximate surface area is 165 Å². The van der Waals surface area contributed by atoms with E-state index in [0.29, 0.717) is 35.4 Å². The zero-order valence-electron chi connectivity index (χ0n) is 17.3. The molecule has 8 heteroatoms. The van der Waals surface area contributed by atoms with E-state index in [1.807, 2.05) is 0 Å². The molecule has 28 heavy (non-hydrogen) atoms. The first-order chi connectivity index (χ1) is 12.8. The fourth-order valence-corrected chi connectivity index (χ4v) is 2.53. The molecule has 0 aliphatic carbocycles. The third-order valence-corrected chi connectivity index (χ3v) is 3.48. The van der Waals surface area contributed by atoms with E-state index >= 15 is 0 Å². The fraction of sp³-hybridized carbons (Fsp3) is 0.500. The lowest BCUT2D eigenvalue weighted by atomic mass is 10.0. The average Bonchev–Trinajstić information content (AvgIpc) is 2.54. The van der Waals surface area contributed by atoms with Gasteiger partial charge in [0.05, 0.1) is 11.2 Å². The average molecular weight is 390 g/mol. The molecule has 4 N–H and O–H groups in total. The van der Waals surface area contributed by atoms with E-state index < -0.39 is 23.0 Å². The number of aliphatic hydroxyl groups is 2. The summed E-state index contributed by atoms with van der Waals surface area (Å²) in [7, 11) is 0. The van der Waals surface area contributed by atoms with Gasteiger partial charge in [0.1, 0.15) is 0 Å². The van der Waals surface area contributed by atoms with Gasteiger partial charge in [0.15, 0.2) is 0 Å². The van der Waals surface area contributed by atoms with Crippen LogP contribution in [-0.2, 0) is 0 Å². The molecule has 0 unspecified atom stereocenters. The van der Waals surface area contributed by atoms with Crippen LogP contribution in [0.5, 0.6) is 0 Å². The summed E-state index contributed by atoms with van der Waals surface area (Å²) in [5.41, 5.74) is 4.92. The van der Waals surface area contributed by atoms with Crippen molar-refractivity contribution in [1.29, 1.82) is 0 Å². The van der Waals surface area contributed by atoms with Crippen LogP contribution in [0.15, 0.2) is 34.5 Å². The molecule has 154 valence electrons. The molecule has 0 radical (unpaired) electrons. The van der Waals surface area contributed by atoms with Crippen LogP contribution < -0.4 is 10.9 Å². The molecule has 0 bridgehead atoms. The maximum atomic E-state index is 12.1. The summed E-state index contributed by atoms with van der Waals surface area (Å²) in [6.45, 7) is 10.1. The summed E-state index contributed by atoms with van der Waals surface area (Å²) in [4.78, 5) is 24.2.